The standard InChI is InChI=1S/C22H25NO4S/c1-21(2,3)16-8-6-7-14(11-16)19-13-15-12-17(9-10-18(15)23-19)28(26,27)22(4,5)20(24)25/h6-13,23H,1-5H3,(H,24,25). The highest BCUT2D eigenvalue weighted by atomic mass is 32.2. The Hall–Kier alpha value is -2.60. The van der Waals surface area contributed by atoms with E-state index in [1.165, 1.54) is 31.5 Å². The number of aromatic nitrogens is 1. The van der Waals surface area contributed by atoms with E-state index in [9.17, 15) is 18.3 Å². The molecule has 1 aromatic heterocycles. The molecule has 2 aromatic carbocycles. The van der Waals surface area contributed by atoms with E-state index in [2.05, 4.69) is 37.9 Å². The van der Waals surface area contributed by atoms with Crippen LogP contribution in [0.4, 0.5) is 0 Å². The molecule has 0 spiro atoms. The van der Waals surface area contributed by atoms with E-state index >= 15 is 0 Å². The number of rotatable bonds is 4. The highest BCUT2D eigenvalue weighted by molar-refractivity contribution is 7.93. The van der Waals surface area contributed by atoms with Crippen molar-refractivity contribution in [3.8, 4) is 11.3 Å². The van der Waals surface area contributed by atoms with Crippen molar-refractivity contribution in [1.82, 2.24) is 4.98 Å². The van der Waals surface area contributed by atoms with Crippen LogP contribution in [0.5, 0.6) is 0 Å². The first-order chi connectivity index (χ1) is 12.8. The van der Waals surface area contributed by atoms with Gasteiger partial charge in [-0.05, 0) is 60.7 Å². The molecule has 0 atom stereocenters. The predicted molar refractivity (Wildman–Crippen MR) is 111 cm³/mol. The number of hydrogen-bond acceptors (Lipinski definition) is 3. The number of carboxylic acids is 1. The Morgan fingerprint density at radius 3 is 2.25 bits per heavy atom. The third-order valence-corrected chi connectivity index (χ3v) is 7.52. The molecule has 0 unspecified atom stereocenters. The molecule has 148 valence electrons. The van der Waals surface area contributed by atoms with Crippen molar-refractivity contribution in [3.63, 3.8) is 0 Å². The highest BCUT2D eigenvalue weighted by Gasteiger charge is 2.43. The molecule has 28 heavy (non-hydrogen) atoms. The van der Waals surface area contributed by atoms with Crippen LogP contribution in [-0.2, 0) is 20.0 Å². The fourth-order valence-electron chi connectivity index (χ4n) is 3.00. The number of carboxylic acid groups (broad SMARTS) is 1. The van der Waals surface area contributed by atoms with Crippen molar-refractivity contribution in [1.29, 1.82) is 0 Å². The molecule has 0 aliphatic rings. The summed E-state index contributed by atoms with van der Waals surface area (Å²) in [6, 6.07) is 14.8. The first kappa shape index (κ1) is 20.1. The average Bonchev–Trinajstić information content (AvgIpc) is 3.04. The first-order valence-electron chi connectivity index (χ1n) is 9.06. The zero-order chi connectivity index (χ0) is 20.9. The number of hydrogen-bond donors (Lipinski definition) is 2. The maximum absolute atomic E-state index is 12.8. The van der Waals surface area contributed by atoms with Gasteiger partial charge in [-0.25, -0.2) is 8.42 Å². The summed E-state index contributed by atoms with van der Waals surface area (Å²) < 4.78 is 23.7. The van der Waals surface area contributed by atoms with Crippen molar-refractivity contribution in [2.45, 2.75) is 49.7 Å². The minimum atomic E-state index is -4.02. The van der Waals surface area contributed by atoms with Gasteiger partial charge in [-0.2, -0.15) is 0 Å². The third kappa shape index (κ3) is 3.33. The predicted octanol–water partition coefficient (Wildman–Crippen LogP) is 4.77. The van der Waals surface area contributed by atoms with Crippen molar-refractivity contribution in [2.75, 3.05) is 0 Å². The van der Waals surface area contributed by atoms with Gasteiger partial charge in [0.1, 0.15) is 0 Å². The molecule has 0 amide bonds. The molecule has 0 aliphatic heterocycles. The maximum Gasteiger partial charge on any atom is 0.324 e. The van der Waals surface area contributed by atoms with E-state index < -0.39 is 20.6 Å². The molecule has 0 radical (unpaired) electrons. The van der Waals surface area contributed by atoms with Crippen molar-refractivity contribution in [2.24, 2.45) is 0 Å². The molecular weight excluding hydrogens is 374 g/mol. The largest absolute Gasteiger partial charge is 0.480 e. The SMILES string of the molecule is CC(C)(C)c1cccc(-c2cc3cc(S(=O)(=O)C(C)(C)C(=O)O)ccc3[nH]2)c1. The Morgan fingerprint density at radius 2 is 1.64 bits per heavy atom. The van der Waals surface area contributed by atoms with E-state index in [0.29, 0.717) is 0 Å². The van der Waals surface area contributed by atoms with Crippen LogP contribution < -0.4 is 0 Å². The van der Waals surface area contributed by atoms with Gasteiger partial charge in [-0.3, -0.25) is 4.79 Å². The lowest BCUT2D eigenvalue weighted by molar-refractivity contribution is -0.139. The number of sulfone groups is 1. The van der Waals surface area contributed by atoms with E-state index in [-0.39, 0.29) is 10.3 Å². The normalized spacial score (nSPS) is 13.0. The van der Waals surface area contributed by atoms with Gasteiger partial charge >= 0.3 is 5.97 Å². The number of carbonyl (C=O) groups is 1. The molecule has 0 saturated carbocycles. The zero-order valence-corrected chi connectivity index (χ0v) is 17.5. The molecule has 0 aliphatic carbocycles. The number of aliphatic carboxylic acids is 1. The second-order valence-corrected chi connectivity index (χ2v) is 11.1. The van der Waals surface area contributed by atoms with Gasteiger partial charge in [-0.15, -0.1) is 0 Å². The van der Waals surface area contributed by atoms with Crippen LogP contribution in [0, 0.1) is 0 Å². The summed E-state index contributed by atoms with van der Waals surface area (Å²) in [7, 11) is -4.02. The van der Waals surface area contributed by atoms with E-state index in [1.54, 1.807) is 6.07 Å². The van der Waals surface area contributed by atoms with E-state index in [4.69, 9.17) is 0 Å². The summed E-state index contributed by atoms with van der Waals surface area (Å²) in [4.78, 5) is 14.7. The van der Waals surface area contributed by atoms with Gasteiger partial charge in [0.15, 0.2) is 14.6 Å². The van der Waals surface area contributed by atoms with E-state index in [1.807, 2.05) is 18.2 Å². The summed E-state index contributed by atoms with van der Waals surface area (Å²) in [5.74, 6) is -1.37. The van der Waals surface area contributed by atoms with Crippen molar-refractivity contribution >= 4 is 26.7 Å². The monoisotopic (exact) mass is 399 g/mol. The quantitative estimate of drug-likeness (QED) is 0.661. The smallest absolute Gasteiger partial charge is 0.324 e. The van der Waals surface area contributed by atoms with Gasteiger partial charge in [0.2, 0.25) is 0 Å². The summed E-state index contributed by atoms with van der Waals surface area (Å²) >= 11 is 0. The number of nitrogens with one attached hydrogen (secondary N) is 1. The second kappa shape index (κ2) is 6.48. The molecule has 2 N–H and O–H groups in total. The number of aromatic amines is 1. The van der Waals surface area contributed by atoms with Crippen LogP contribution in [0.3, 0.4) is 0 Å². The molecule has 1 heterocycles. The maximum atomic E-state index is 12.8. The van der Waals surface area contributed by atoms with Gasteiger partial charge < -0.3 is 10.1 Å². The summed E-state index contributed by atoms with van der Waals surface area (Å²) in [5.41, 5.74) is 3.91. The van der Waals surface area contributed by atoms with Crippen molar-refractivity contribution < 1.29 is 18.3 Å². The topological polar surface area (TPSA) is 87.2 Å². The highest BCUT2D eigenvalue weighted by Crippen LogP contribution is 2.32. The van der Waals surface area contributed by atoms with Crippen molar-refractivity contribution in [3.05, 3.63) is 54.1 Å². The Bertz CT molecular complexity index is 1160. The average molecular weight is 400 g/mol. The Balaban J connectivity index is 2.09. The van der Waals surface area contributed by atoms with Gasteiger partial charge in [0.25, 0.3) is 0 Å². The van der Waals surface area contributed by atoms with Crippen LogP contribution in [0.2, 0.25) is 0 Å². The minimum absolute atomic E-state index is 0.00129. The number of benzene rings is 2. The summed E-state index contributed by atoms with van der Waals surface area (Å²) in [6.45, 7) is 8.86. The Kier molecular flexibility index (Phi) is 4.66. The molecule has 0 fully saturated rings. The van der Waals surface area contributed by atoms with E-state index in [0.717, 1.165) is 22.2 Å². The van der Waals surface area contributed by atoms with Gasteiger partial charge in [0, 0.05) is 16.6 Å². The van der Waals surface area contributed by atoms with Crippen LogP contribution in [-0.4, -0.2) is 29.2 Å². The van der Waals surface area contributed by atoms with Crippen LogP contribution in [0.15, 0.2) is 53.4 Å². The molecule has 3 aromatic rings. The molecular formula is C22H25NO4S. The summed E-state index contributed by atoms with van der Waals surface area (Å²) in [6.07, 6.45) is 0. The zero-order valence-electron chi connectivity index (χ0n) is 16.7. The first-order valence-corrected chi connectivity index (χ1v) is 10.5. The van der Waals surface area contributed by atoms with Crippen LogP contribution >= 0.6 is 0 Å². The Morgan fingerprint density at radius 1 is 0.964 bits per heavy atom. The summed E-state index contributed by atoms with van der Waals surface area (Å²) in [5, 5.41) is 10.0. The fourth-order valence-corrected chi connectivity index (χ4v) is 4.34. The lowest BCUT2D eigenvalue weighted by atomic mass is 9.86. The second-order valence-electron chi connectivity index (χ2n) is 8.58. The molecule has 3 rings (SSSR count). The number of H-pyrrole nitrogens is 1. The number of fused-ring (bicyclic) bond motifs is 1. The van der Waals surface area contributed by atoms with Crippen LogP contribution in [0.25, 0.3) is 22.2 Å². The molecule has 0 saturated heterocycles. The Labute approximate surface area is 165 Å². The third-order valence-electron chi connectivity index (χ3n) is 5.13. The fraction of sp³-hybridized carbons (Fsp3) is 0.318. The molecule has 6 heteroatoms. The lowest BCUT2D eigenvalue weighted by Crippen LogP contribution is -2.40. The minimum Gasteiger partial charge on any atom is -0.480 e. The molecule has 0 bridgehead atoms. The molecule has 5 nitrogen and oxygen atoms in total. The van der Waals surface area contributed by atoms with Gasteiger partial charge in [-0.1, -0.05) is 39.0 Å². The lowest BCUT2D eigenvalue weighted by Gasteiger charge is -2.19. The van der Waals surface area contributed by atoms with Gasteiger partial charge in [0.05, 0.1) is 4.90 Å². The van der Waals surface area contributed by atoms with Crippen LogP contribution in [0.1, 0.15) is 40.2 Å².